The Morgan fingerprint density at radius 3 is 2.89 bits per heavy atom. The van der Waals surface area contributed by atoms with E-state index in [4.69, 9.17) is 4.52 Å². The predicted octanol–water partition coefficient (Wildman–Crippen LogP) is 3.45. The normalized spacial score (nSPS) is 17.2. The fourth-order valence-electron chi connectivity index (χ4n) is 3.00. The summed E-state index contributed by atoms with van der Waals surface area (Å²) < 4.78 is 45.4. The molecule has 11 heteroatoms. The number of nitrogens with one attached hydrogen (secondary N) is 3. The number of carbonyl (C=O) groups is 1. The molecule has 1 saturated heterocycles. The molecule has 0 bridgehead atoms. The Bertz CT molecular complexity index is 1010. The second-order valence-electron chi connectivity index (χ2n) is 6.00. The van der Waals surface area contributed by atoms with Gasteiger partial charge in [0.05, 0.1) is 21.7 Å². The molecule has 0 unspecified atom stereocenters. The number of halogens is 3. The summed E-state index contributed by atoms with van der Waals surface area (Å²) in [4.78, 5) is 15.8. The molecule has 0 saturated carbocycles. The fourth-order valence-corrected chi connectivity index (χ4v) is 4.26. The standard InChI is InChI=1S/C16H14F3N5O2S/c1-20-9-4-2-3-7-8(5-16(17,18)19)12(27-11(7)9)13-23-14(26-24-13)10-6-21-15(25)22-10/h2-4,10,20H,5-6H2,1H3,(H2,21,22,25)/t10-/m1/s1. The van der Waals surface area contributed by atoms with Crippen LogP contribution in [0.5, 0.6) is 0 Å². The van der Waals surface area contributed by atoms with Crippen LogP contribution >= 0.6 is 11.3 Å². The maximum absolute atomic E-state index is 13.2. The van der Waals surface area contributed by atoms with Gasteiger partial charge in [0.1, 0.15) is 6.04 Å². The smallest absolute Gasteiger partial charge is 0.387 e. The van der Waals surface area contributed by atoms with Crippen molar-refractivity contribution in [1.82, 2.24) is 20.8 Å². The Morgan fingerprint density at radius 1 is 1.41 bits per heavy atom. The molecular weight excluding hydrogens is 383 g/mol. The lowest BCUT2D eigenvalue weighted by Crippen LogP contribution is -2.21. The van der Waals surface area contributed by atoms with E-state index in [2.05, 4.69) is 26.1 Å². The first-order chi connectivity index (χ1) is 12.9. The first-order valence-corrected chi connectivity index (χ1v) is 8.84. The van der Waals surface area contributed by atoms with Crippen molar-refractivity contribution in [3.05, 3.63) is 29.7 Å². The van der Waals surface area contributed by atoms with Crippen LogP contribution in [0.4, 0.5) is 23.7 Å². The lowest BCUT2D eigenvalue weighted by Gasteiger charge is -2.07. The van der Waals surface area contributed by atoms with Crippen molar-refractivity contribution in [1.29, 1.82) is 0 Å². The number of alkyl halides is 3. The van der Waals surface area contributed by atoms with Crippen molar-refractivity contribution >= 4 is 33.1 Å². The number of rotatable bonds is 4. The molecule has 27 heavy (non-hydrogen) atoms. The van der Waals surface area contributed by atoms with Crippen molar-refractivity contribution < 1.29 is 22.5 Å². The van der Waals surface area contributed by atoms with Gasteiger partial charge in [-0.2, -0.15) is 18.2 Å². The quantitative estimate of drug-likeness (QED) is 0.627. The Kier molecular flexibility index (Phi) is 4.17. The molecule has 1 aromatic carbocycles. The van der Waals surface area contributed by atoms with Crippen LogP contribution in [0.25, 0.3) is 20.8 Å². The fraction of sp³-hybridized carbons (Fsp3) is 0.312. The lowest BCUT2D eigenvalue weighted by atomic mass is 10.1. The minimum absolute atomic E-state index is 0.0775. The summed E-state index contributed by atoms with van der Waals surface area (Å²) in [5.41, 5.74) is 0.837. The molecule has 4 rings (SSSR count). The Morgan fingerprint density at radius 2 is 2.22 bits per heavy atom. The van der Waals surface area contributed by atoms with E-state index in [9.17, 15) is 18.0 Å². The summed E-state index contributed by atoms with van der Waals surface area (Å²) in [5, 5.41) is 12.5. The molecule has 1 fully saturated rings. The Balaban J connectivity index is 1.82. The zero-order valence-electron chi connectivity index (χ0n) is 14.0. The van der Waals surface area contributed by atoms with E-state index < -0.39 is 18.6 Å². The van der Waals surface area contributed by atoms with Crippen LogP contribution in [0.15, 0.2) is 22.7 Å². The lowest BCUT2D eigenvalue weighted by molar-refractivity contribution is -0.126. The maximum Gasteiger partial charge on any atom is 0.393 e. The number of urea groups is 1. The number of hydrogen-bond acceptors (Lipinski definition) is 6. The number of anilines is 1. The van der Waals surface area contributed by atoms with Crippen molar-refractivity contribution in [2.45, 2.75) is 18.6 Å². The number of nitrogens with zero attached hydrogens (tertiary/aromatic N) is 2. The summed E-state index contributed by atoms with van der Waals surface area (Å²) >= 11 is 1.17. The second kappa shape index (κ2) is 6.41. The highest BCUT2D eigenvalue weighted by Crippen LogP contribution is 2.43. The summed E-state index contributed by atoms with van der Waals surface area (Å²) in [6.07, 6.45) is -5.48. The van der Waals surface area contributed by atoms with Crippen molar-refractivity contribution in [2.24, 2.45) is 0 Å². The van der Waals surface area contributed by atoms with Gasteiger partial charge >= 0.3 is 12.2 Å². The van der Waals surface area contributed by atoms with Crippen LogP contribution in [0.1, 0.15) is 17.5 Å². The summed E-state index contributed by atoms with van der Waals surface area (Å²) in [6.45, 7) is 0.270. The van der Waals surface area contributed by atoms with Gasteiger partial charge in [-0.05, 0) is 17.0 Å². The minimum atomic E-state index is -4.38. The summed E-state index contributed by atoms with van der Waals surface area (Å²) in [7, 11) is 1.71. The second-order valence-corrected chi connectivity index (χ2v) is 7.02. The average Bonchev–Trinajstić information content (AvgIpc) is 3.32. The molecule has 3 heterocycles. The molecule has 0 spiro atoms. The van der Waals surface area contributed by atoms with E-state index >= 15 is 0 Å². The van der Waals surface area contributed by atoms with Gasteiger partial charge in [0.2, 0.25) is 5.82 Å². The third-order valence-electron chi connectivity index (χ3n) is 4.18. The molecule has 3 N–H and O–H groups in total. The van der Waals surface area contributed by atoms with Crippen molar-refractivity contribution in [3.63, 3.8) is 0 Å². The third kappa shape index (κ3) is 3.29. The molecule has 3 aromatic rings. The number of thiophene rings is 1. The van der Waals surface area contributed by atoms with E-state index in [0.29, 0.717) is 15.0 Å². The van der Waals surface area contributed by atoms with Crippen LogP contribution in [0, 0.1) is 0 Å². The SMILES string of the molecule is CNc1cccc2c(CC(F)(F)F)c(-c3noc([C@H]4CNC(=O)N4)n3)sc12. The molecule has 1 aliphatic rings. The molecular formula is C16H14F3N5O2S. The Labute approximate surface area is 154 Å². The van der Waals surface area contributed by atoms with Crippen LogP contribution in [-0.2, 0) is 6.42 Å². The molecule has 2 amide bonds. The largest absolute Gasteiger partial charge is 0.393 e. The van der Waals surface area contributed by atoms with Crippen molar-refractivity contribution in [2.75, 3.05) is 18.9 Å². The van der Waals surface area contributed by atoms with Gasteiger partial charge in [-0.15, -0.1) is 11.3 Å². The van der Waals surface area contributed by atoms with Gasteiger partial charge in [0.15, 0.2) is 0 Å². The van der Waals surface area contributed by atoms with Crippen LogP contribution in [0.3, 0.4) is 0 Å². The van der Waals surface area contributed by atoms with E-state index in [1.807, 2.05) is 0 Å². The number of amides is 2. The molecule has 142 valence electrons. The molecule has 0 radical (unpaired) electrons. The molecule has 7 nitrogen and oxygen atoms in total. The minimum Gasteiger partial charge on any atom is -0.387 e. The predicted molar refractivity (Wildman–Crippen MR) is 93.7 cm³/mol. The summed E-state index contributed by atoms with van der Waals surface area (Å²) in [6, 6.07) is 4.28. The zero-order chi connectivity index (χ0) is 19.2. The number of carbonyl (C=O) groups excluding carboxylic acids is 1. The first kappa shape index (κ1) is 17.6. The highest BCUT2D eigenvalue weighted by atomic mass is 32.1. The molecule has 1 atom stereocenters. The van der Waals surface area contributed by atoms with Gasteiger partial charge in [0.25, 0.3) is 5.89 Å². The van der Waals surface area contributed by atoms with E-state index in [0.717, 1.165) is 5.69 Å². The average molecular weight is 397 g/mol. The molecule has 2 aromatic heterocycles. The number of benzene rings is 1. The van der Waals surface area contributed by atoms with E-state index in [-0.39, 0.29) is 29.9 Å². The maximum atomic E-state index is 13.2. The first-order valence-electron chi connectivity index (χ1n) is 8.03. The van der Waals surface area contributed by atoms with Gasteiger partial charge in [-0.1, -0.05) is 17.3 Å². The van der Waals surface area contributed by atoms with Gasteiger partial charge in [-0.25, -0.2) is 4.79 Å². The van der Waals surface area contributed by atoms with E-state index in [1.54, 1.807) is 25.2 Å². The summed E-state index contributed by atoms with van der Waals surface area (Å²) in [5.74, 6) is 0.223. The van der Waals surface area contributed by atoms with Crippen LogP contribution < -0.4 is 16.0 Å². The highest BCUT2D eigenvalue weighted by Gasteiger charge is 2.33. The van der Waals surface area contributed by atoms with Gasteiger partial charge < -0.3 is 20.5 Å². The third-order valence-corrected chi connectivity index (χ3v) is 5.46. The number of hydrogen-bond donors (Lipinski definition) is 3. The van der Waals surface area contributed by atoms with Crippen LogP contribution in [-0.4, -0.2) is 35.9 Å². The van der Waals surface area contributed by atoms with Crippen molar-refractivity contribution in [3.8, 4) is 10.7 Å². The van der Waals surface area contributed by atoms with Gasteiger partial charge in [0, 0.05) is 13.6 Å². The monoisotopic (exact) mass is 397 g/mol. The number of aromatic nitrogens is 2. The number of fused-ring (bicyclic) bond motifs is 1. The molecule has 0 aliphatic carbocycles. The van der Waals surface area contributed by atoms with E-state index in [1.165, 1.54) is 11.3 Å². The zero-order valence-corrected chi connectivity index (χ0v) is 14.8. The molecule has 1 aliphatic heterocycles. The highest BCUT2D eigenvalue weighted by molar-refractivity contribution is 7.23. The van der Waals surface area contributed by atoms with Crippen LogP contribution in [0.2, 0.25) is 0 Å². The Hall–Kier alpha value is -2.82. The topological polar surface area (TPSA) is 92.1 Å². The van der Waals surface area contributed by atoms with Gasteiger partial charge in [-0.3, -0.25) is 0 Å².